The monoisotopic (exact) mass is 400 g/mol. The van der Waals surface area contributed by atoms with Crippen molar-refractivity contribution >= 4 is 11.6 Å². The number of carbonyl (C=O) groups is 1. The van der Waals surface area contributed by atoms with E-state index >= 15 is 0 Å². The summed E-state index contributed by atoms with van der Waals surface area (Å²) in [6, 6.07) is 12.6. The lowest BCUT2D eigenvalue weighted by Gasteiger charge is -2.20. The third kappa shape index (κ3) is 6.68. The van der Waals surface area contributed by atoms with Gasteiger partial charge in [-0.1, -0.05) is 19.9 Å². The van der Waals surface area contributed by atoms with Gasteiger partial charge >= 0.3 is 0 Å². The summed E-state index contributed by atoms with van der Waals surface area (Å²) < 4.78 is 16.5. The molecule has 0 fully saturated rings. The molecule has 0 atom stereocenters. The van der Waals surface area contributed by atoms with Gasteiger partial charge in [-0.25, -0.2) is 0 Å². The van der Waals surface area contributed by atoms with E-state index in [9.17, 15) is 4.79 Å². The van der Waals surface area contributed by atoms with Gasteiger partial charge in [-0.3, -0.25) is 9.69 Å². The Bertz CT molecular complexity index is 734. The van der Waals surface area contributed by atoms with Gasteiger partial charge < -0.3 is 19.5 Å². The summed E-state index contributed by atoms with van der Waals surface area (Å²) in [5.41, 5.74) is 1.04. The maximum atomic E-state index is 12.7. The van der Waals surface area contributed by atoms with Crippen molar-refractivity contribution in [1.29, 1.82) is 0 Å². The van der Waals surface area contributed by atoms with Crippen LogP contribution in [0.1, 0.15) is 37.0 Å². The zero-order valence-corrected chi connectivity index (χ0v) is 17.9. The van der Waals surface area contributed by atoms with E-state index in [0.29, 0.717) is 29.4 Å². The number of anilines is 1. The first kappa shape index (κ1) is 22.6. The molecule has 0 heterocycles. The fourth-order valence-electron chi connectivity index (χ4n) is 3.16. The summed E-state index contributed by atoms with van der Waals surface area (Å²) in [5.74, 6) is 1.42. The molecule has 2 aromatic carbocycles. The number of hydrogen-bond donors (Lipinski definition) is 1. The van der Waals surface area contributed by atoms with Crippen molar-refractivity contribution in [2.24, 2.45) is 0 Å². The molecule has 1 N–H and O–H groups in total. The number of hydrogen-bond acceptors (Lipinski definition) is 5. The quantitative estimate of drug-likeness (QED) is 0.570. The van der Waals surface area contributed by atoms with Gasteiger partial charge in [0.25, 0.3) is 5.91 Å². The lowest BCUT2D eigenvalue weighted by Crippen LogP contribution is -2.30. The van der Waals surface area contributed by atoms with Crippen LogP contribution in [0.2, 0.25) is 0 Å². The molecule has 0 aliphatic carbocycles. The fourth-order valence-corrected chi connectivity index (χ4v) is 3.16. The van der Waals surface area contributed by atoms with E-state index in [-0.39, 0.29) is 5.91 Å². The SMILES string of the molecule is CCCN(CCC)CCOc1ccc(NC(=O)c2c(OC)cccc2OC)cc1. The predicted molar refractivity (Wildman–Crippen MR) is 116 cm³/mol. The minimum Gasteiger partial charge on any atom is -0.496 e. The van der Waals surface area contributed by atoms with Gasteiger partial charge in [-0.2, -0.15) is 0 Å². The highest BCUT2D eigenvalue weighted by Crippen LogP contribution is 2.29. The number of rotatable bonds is 12. The molecule has 0 bridgehead atoms. The smallest absolute Gasteiger partial charge is 0.263 e. The Morgan fingerprint density at radius 3 is 2.00 bits per heavy atom. The van der Waals surface area contributed by atoms with E-state index in [4.69, 9.17) is 14.2 Å². The van der Waals surface area contributed by atoms with Crippen LogP contribution in [0, 0.1) is 0 Å². The van der Waals surface area contributed by atoms with Gasteiger partial charge in [0.2, 0.25) is 0 Å². The van der Waals surface area contributed by atoms with Crippen molar-refractivity contribution in [3.63, 3.8) is 0 Å². The molecular formula is C23H32N2O4. The molecule has 6 nitrogen and oxygen atoms in total. The van der Waals surface area contributed by atoms with Crippen LogP contribution in [-0.2, 0) is 0 Å². The number of methoxy groups -OCH3 is 2. The van der Waals surface area contributed by atoms with Crippen molar-refractivity contribution in [1.82, 2.24) is 4.90 Å². The molecule has 0 radical (unpaired) electrons. The van der Waals surface area contributed by atoms with E-state index in [1.165, 1.54) is 14.2 Å². The number of nitrogens with zero attached hydrogens (tertiary/aromatic N) is 1. The van der Waals surface area contributed by atoms with E-state index in [2.05, 4.69) is 24.1 Å². The van der Waals surface area contributed by atoms with Crippen molar-refractivity contribution in [3.8, 4) is 17.2 Å². The zero-order chi connectivity index (χ0) is 21.1. The van der Waals surface area contributed by atoms with Gasteiger partial charge in [0.05, 0.1) is 14.2 Å². The van der Waals surface area contributed by atoms with Crippen LogP contribution in [-0.4, -0.2) is 51.3 Å². The first-order valence-electron chi connectivity index (χ1n) is 10.1. The normalized spacial score (nSPS) is 10.7. The lowest BCUT2D eigenvalue weighted by molar-refractivity contribution is 0.102. The Morgan fingerprint density at radius 2 is 1.48 bits per heavy atom. The third-order valence-corrected chi connectivity index (χ3v) is 4.52. The van der Waals surface area contributed by atoms with Crippen molar-refractivity contribution in [2.45, 2.75) is 26.7 Å². The largest absolute Gasteiger partial charge is 0.496 e. The molecule has 0 unspecified atom stereocenters. The average molecular weight is 401 g/mol. The molecular weight excluding hydrogens is 368 g/mol. The lowest BCUT2D eigenvalue weighted by atomic mass is 10.1. The minimum absolute atomic E-state index is 0.289. The molecule has 2 aromatic rings. The molecule has 158 valence electrons. The van der Waals surface area contributed by atoms with Crippen molar-refractivity contribution in [3.05, 3.63) is 48.0 Å². The van der Waals surface area contributed by atoms with Crippen LogP contribution in [0.15, 0.2) is 42.5 Å². The highest BCUT2D eigenvalue weighted by Gasteiger charge is 2.18. The first-order valence-corrected chi connectivity index (χ1v) is 10.1. The molecule has 1 amide bonds. The maximum absolute atomic E-state index is 12.7. The predicted octanol–water partition coefficient (Wildman–Crippen LogP) is 4.46. The van der Waals surface area contributed by atoms with E-state index in [1.807, 2.05) is 24.3 Å². The molecule has 29 heavy (non-hydrogen) atoms. The average Bonchev–Trinajstić information content (AvgIpc) is 2.74. The second kappa shape index (κ2) is 12.0. The summed E-state index contributed by atoms with van der Waals surface area (Å²) in [6.07, 6.45) is 2.29. The Hall–Kier alpha value is -2.73. The summed E-state index contributed by atoms with van der Waals surface area (Å²) in [4.78, 5) is 15.1. The topological polar surface area (TPSA) is 60.0 Å². The van der Waals surface area contributed by atoms with Gasteiger partial charge in [0, 0.05) is 12.2 Å². The standard InChI is InChI=1S/C23H32N2O4/c1-5-14-25(15-6-2)16-17-29-19-12-10-18(11-13-19)24-23(26)22-20(27-3)8-7-9-21(22)28-4/h7-13H,5-6,14-17H2,1-4H3,(H,24,26). The molecule has 0 aliphatic heterocycles. The molecule has 0 saturated heterocycles. The minimum atomic E-state index is -0.289. The van der Waals surface area contributed by atoms with E-state index in [1.54, 1.807) is 18.2 Å². The highest BCUT2D eigenvalue weighted by atomic mass is 16.5. The van der Waals surface area contributed by atoms with Crippen LogP contribution in [0.25, 0.3) is 0 Å². The summed E-state index contributed by atoms with van der Waals surface area (Å²) >= 11 is 0. The molecule has 0 aliphatic rings. The number of benzene rings is 2. The van der Waals surface area contributed by atoms with E-state index in [0.717, 1.165) is 38.2 Å². The van der Waals surface area contributed by atoms with Crippen molar-refractivity contribution < 1.29 is 19.0 Å². The summed E-state index contributed by atoms with van der Waals surface area (Å²) in [5, 5.41) is 2.88. The zero-order valence-electron chi connectivity index (χ0n) is 17.9. The second-order valence-electron chi connectivity index (χ2n) is 6.71. The van der Waals surface area contributed by atoms with Crippen molar-refractivity contribution in [2.75, 3.05) is 45.8 Å². The molecule has 0 aromatic heterocycles. The Labute approximate surface area is 173 Å². The Kier molecular flexibility index (Phi) is 9.31. The number of carbonyl (C=O) groups excluding carboxylic acids is 1. The number of ether oxygens (including phenoxy) is 3. The Balaban J connectivity index is 1.95. The third-order valence-electron chi connectivity index (χ3n) is 4.52. The van der Waals surface area contributed by atoms with E-state index < -0.39 is 0 Å². The van der Waals surface area contributed by atoms with Gasteiger partial charge in [0.1, 0.15) is 29.4 Å². The van der Waals surface area contributed by atoms with Gasteiger partial charge in [0.15, 0.2) is 0 Å². The highest BCUT2D eigenvalue weighted by molar-refractivity contribution is 6.08. The number of nitrogens with one attached hydrogen (secondary N) is 1. The molecule has 0 spiro atoms. The maximum Gasteiger partial charge on any atom is 0.263 e. The van der Waals surface area contributed by atoms with Crippen LogP contribution in [0.5, 0.6) is 17.2 Å². The second-order valence-corrected chi connectivity index (χ2v) is 6.71. The summed E-state index contributed by atoms with van der Waals surface area (Å²) in [6.45, 7) is 8.12. The first-order chi connectivity index (χ1) is 14.1. The Morgan fingerprint density at radius 1 is 0.897 bits per heavy atom. The fraction of sp³-hybridized carbons (Fsp3) is 0.435. The molecule has 6 heteroatoms. The van der Waals surface area contributed by atoms with Gasteiger partial charge in [-0.15, -0.1) is 0 Å². The van der Waals surface area contributed by atoms with Gasteiger partial charge in [-0.05, 0) is 62.3 Å². The van der Waals surface area contributed by atoms with Crippen LogP contribution in [0.4, 0.5) is 5.69 Å². The summed E-state index contributed by atoms with van der Waals surface area (Å²) in [7, 11) is 3.06. The van der Waals surface area contributed by atoms with Crippen LogP contribution >= 0.6 is 0 Å². The van der Waals surface area contributed by atoms with Crippen LogP contribution < -0.4 is 19.5 Å². The number of amides is 1. The van der Waals surface area contributed by atoms with Crippen LogP contribution in [0.3, 0.4) is 0 Å². The molecule has 2 rings (SSSR count). The molecule has 0 saturated carbocycles.